The van der Waals surface area contributed by atoms with Crippen LogP contribution < -0.4 is 0 Å². The fourth-order valence-electron chi connectivity index (χ4n) is 7.17. The summed E-state index contributed by atoms with van der Waals surface area (Å²) in [6.45, 7) is 5.65. The van der Waals surface area contributed by atoms with Crippen LogP contribution in [-0.4, -0.2) is 44.0 Å². The summed E-state index contributed by atoms with van der Waals surface area (Å²) in [5.41, 5.74) is 1.32. The quantitative estimate of drug-likeness (QED) is 0.650. The standard InChI is InChI=1S/C26H30FN3O3/c1-25(2,3)33-24(32)30-16-7-15-8-17(30)12-26(10-15,11-16)22(31)9-20-23-18(5-4-6-19(23)27)21-13-28-14-29(20)21/h4-6,13-17,20H,7-12H2,1-3H3. The number of rotatable bonds is 3. The number of carbonyl (C=O) groups is 2. The van der Waals surface area contributed by atoms with Crippen molar-refractivity contribution >= 4 is 11.9 Å². The Morgan fingerprint density at radius 2 is 1.91 bits per heavy atom. The van der Waals surface area contributed by atoms with E-state index >= 15 is 0 Å². The fraction of sp³-hybridized carbons (Fsp3) is 0.577. The molecular formula is C26H30FN3O3. The van der Waals surface area contributed by atoms with E-state index in [0.717, 1.165) is 30.5 Å². The maximum absolute atomic E-state index is 14.9. The number of Topliss-reactive ketones (excluding diaryl/α,β-unsaturated/α-hetero) is 1. The van der Waals surface area contributed by atoms with Crippen molar-refractivity contribution in [2.45, 2.75) is 83.0 Å². The molecule has 0 radical (unpaired) electrons. The summed E-state index contributed by atoms with van der Waals surface area (Å²) in [4.78, 5) is 33.0. The molecule has 3 aliphatic heterocycles. The third-order valence-corrected chi connectivity index (χ3v) is 8.17. The van der Waals surface area contributed by atoms with Gasteiger partial charge in [-0.05, 0) is 64.9 Å². The van der Waals surface area contributed by atoms with Gasteiger partial charge >= 0.3 is 6.09 Å². The summed E-state index contributed by atoms with van der Waals surface area (Å²) in [7, 11) is 0. The van der Waals surface area contributed by atoms with E-state index < -0.39 is 11.0 Å². The van der Waals surface area contributed by atoms with Crippen LogP contribution in [0, 0.1) is 17.2 Å². The lowest BCUT2D eigenvalue weighted by atomic mass is 9.53. The molecule has 4 heterocycles. The highest BCUT2D eigenvalue weighted by atomic mass is 19.1. The molecule has 2 aromatic rings. The third kappa shape index (κ3) is 3.15. The van der Waals surface area contributed by atoms with Crippen molar-refractivity contribution in [1.82, 2.24) is 14.5 Å². The van der Waals surface area contributed by atoms with Gasteiger partial charge in [0.25, 0.3) is 0 Å². The average molecular weight is 452 g/mol. The second kappa shape index (κ2) is 6.90. The average Bonchev–Trinajstić information content (AvgIpc) is 3.29. The number of halogens is 1. The Balaban J connectivity index is 1.27. The zero-order valence-electron chi connectivity index (χ0n) is 19.4. The predicted molar refractivity (Wildman–Crippen MR) is 120 cm³/mol. The monoisotopic (exact) mass is 451 g/mol. The number of hydrogen-bond donors (Lipinski definition) is 0. The van der Waals surface area contributed by atoms with Crippen molar-refractivity contribution in [1.29, 1.82) is 0 Å². The van der Waals surface area contributed by atoms with Gasteiger partial charge in [0.2, 0.25) is 0 Å². The molecule has 2 saturated carbocycles. The Labute approximate surface area is 193 Å². The molecule has 2 saturated heterocycles. The molecule has 2 aliphatic carbocycles. The summed E-state index contributed by atoms with van der Waals surface area (Å²) in [5.74, 6) is 0.392. The number of aromatic nitrogens is 2. The van der Waals surface area contributed by atoms with Gasteiger partial charge in [-0.1, -0.05) is 12.1 Å². The number of carbonyl (C=O) groups excluding carboxylic acids is 2. The fourth-order valence-corrected chi connectivity index (χ4v) is 7.17. The van der Waals surface area contributed by atoms with E-state index in [1.165, 1.54) is 6.07 Å². The minimum atomic E-state index is -0.540. The maximum atomic E-state index is 14.9. The zero-order valence-corrected chi connectivity index (χ0v) is 19.4. The van der Waals surface area contributed by atoms with Gasteiger partial charge in [-0.15, -0.1) is 0 Å². The molecular weight excluding hydrogens is 421 g/mol. The van der Waals surface area contributed by atoms with Gasteiger partial charge < -0.3 is 14.2 Å². The minimum Gasteiger partial charge on any atom is -0.444 e. The van der Waals surface area contributed by atoms with E-state index in [-0.39, 0.29) is 42.2 Å². The molecule has 1 amide bonds. The smallest absolute Gasteiger partial charge is 0.410 e. The van der Waals surface area contributed by atoms with Gasteiger partial charge in [-0.25, -0.2) is 14.2 Å². The number of imidazole rings is 1. The normalized spacial score (nSPS) is 31.5. The van der Waals surface area contributed by atoms with Crippen LogP contribution in [0.1, 0.15) is 70.9 Å². The van der Waals surface area contributed by atoms with Crippen LogP contribution in [0.25, 0.3) is 11.3 Å². The molecule has 3 unspecified atom stereocenters. The number of benzene rings is 1. The topological polar surface area (TPSA) is 64.4 Å². The Bertz CT molecular complexity index is 1130. The van der Waals surface area contributed by atoms with Gasteiger partial charge in [-0.2, -0.15) is 0 Å². The lowest BCUT2D eigenvalue weighted by Crippen LogP contribution is -2.65. The number of ether oxygens (including phenoxy) is 1. The molecule has 0 N–H and O–H groups in total. The van der Waals surface area contributed by atoms with Crippen LogP contribution in [0.4, 0.5) is 9.18 Å². The molecule has 3 atom stereocenters. The molecule has 1 aromatic carbocycles. The molecule has 0 spiro atoms. The van der Waals surface area contributed by atoms with E-state index in [2.05, 4.69) is 4.98 Å². The molecule has 5 aliphatic rings. The van der Waals surface area contributed by atoms with Crippen molar-refractivity contribution in [3.8, 4) is 11.3 Å². The van der Waals surface area contributed by atoms with Crippen LogP contribution in [0.15, 0.2) is 30.7 Å². The van der Waals surface area contributed by atoms with E-state index in [1.54, 1.807) is 18.6 Å². The Morgan fingerprint density at radius 1 is 1.18 bits per heavy atom. The minimum absolute atomic E-state index is 0.0476. The van der Waals surface area contributed by atoms with Crippen LogP contribution in [0.2, 0.25) is 0 Å². The van der Waals surface area contributed by atoms with Crippen molar-refractivity contribution in [3.63, 3.8) is 0 Å². The largest absolute Gasteiger partial charge is 0.444 e. The predicted octanol–water partition coefficient (Wildman–Crippen LogP) is 5.12. The highest BCUT2D eigenvalue weighted by Crippen LogP contribution is 2.58. The number of fused-ring (bicyclic) bond motifs is 3. The molecule has 7 rings (SSSR count). The lowest BCUT2D eigenvalue weighted by Gasteiger charge is -2.60. The zero-order chi connectivity index (χ0) is 23.1. The van der Waals surface area contributed by atoms with Crippen molar-refractivity contribution in [2.24, 2.45) is 11.3 Å². The van der Waals surface area contributed by atoms with E-state index in [0.29, 0.717) is 24.3 Å². The Kier molecular flexibility index (Phi) is 4.37. The number of hydrogen-bond acceptors (Lipinski definition) is 4. The van der Waals surface area contributed by atoms with Gasteiger partial charge in [0, 0.05) is 35.0 Å². The van der Waals surface area contributed by atoms with E-state index in [1.807, 2.05) is 36.3 Å². The number of ketones is 1. The van der Waals surface area contributed by atoms with Crippen molar-refractivity contribution in [3.05, 3.63) is 42.1 Å². The first-order valence-electron chi connectivity index (χ1n) is 12.0. The number of amides is 1. The lowest BCUT2D eigenvalue weighted by molar-refractivity contribution is -0.151. The van der Waals surface area contributed by atoms with Gasteiger partial charge in [0.15, 0.2) is 0 Å². The summed E-state index contributed by atoms with van der Waals surface area (Å²) in [6.07, 6.45) is 7.59. The molecule has 4 fully saturated rings. The van der Waals surface area contributed by atoms with Gasteiger partial charge in [0.1, 0.15) is 17.2 Å². The summed E-state index contributed by atoms with van der Waals surface area (Å²) in [5, 5.41) is 0. The highest BCUT2D eigenvalue weighted by Gasteiger charge is 2.59. The first-order chi connectivity index (χ1) is 15.7. The van der Waals surface area contributed by atoms with Crippen molar-refractivity contribution < 1.29 is 18.7 Å². The highest BCUT2D eigenvalue weighted by molar-refractivity contribution is 5.87. The SMILES string of the molecule is CC(C)(C)OC(=O)N1C2CC3CC1CC(C(=O)CC1c4c(F)cccc4-c4cncn41)(C3)C2. The maximum Gasteiger partial charge on any atom is 0.410 e. The Morgan fingerprint density at radius 3 is 2.61 bits per heavy atom. The molecule has 33 heavy (non-hydrogen) atoms. The second-order valence-corrected chi connectivity index (χ2v) is 11.5. The molecule has 7 heteroatoms. The number of piperidine rings is 2. The molecule has 1 aromatic heterocycles. The summed E-state index contributed by atoms with van der Waals surface area (Å²) < 4.78 is 22.5. The third-order valence-electron chi connectivity index (χ3n) is 8.17. The first-order valence-corrected chi connectivity index (χ1v) is 12.0. The molecule has 174 valence electrons. The molecule has 4 bridgehead atoms. The van der Waals surface area contributed by atoms with Crippen LogP contribution in [0.5, 0.6) is 0 Å². The summed E-state index contributed by atoms with van der Waals surface area (Å²) in [6, 6.07) is 4.82. The first kappa shape index (κ1) is 20.9. The molecule has 6 nitrogen and oxygen atoms in total. The van der Waals surface area contributed by atoms with E-state index in [4.69, 9.17) is 4.74 Å². The number of nitrogens with zero attached hydrogens (tertiary/aromatic N) is 3. The van der Waals surface area contributed by atoms with Crippen molar-refractivity contribution in [2.75, 3.05) is 0 Å². The summed E-state index contributed by atoms with van der Waals surface area (Å²) >= 11 is 0. The van der Waals surface area contributed by atoms with E-state index in [9.17, 15) is 14.0 Å². The van der Waals surface area contributed by atoms with Crippen LogP contribution in [0.3, 0.4) is 0 Å². The van der Waals surface area contributed by atoms with Crippen LogP contribution in [-0.2, 0) is 9.53 Å². The van der Waals surface area contributed by atoms with Gasteiger partial charge in [0.05, 0.1) is 24.3 Å². The Hall–Kier alpha value is -2.70. The second-order valence-electron chi connectivity index (χ2n) is 11.5. The van der Waals surface area contributed by atoms with Gasteiger partial charge in [-0.3, -0.25) is 4.79 Å². The van der Waals surface area contributed by atoms with Crippen LogP contribution >= 0.6 is 0 Å².